The predicted octanol–water partition coefficient (Wildman–Crippen LogP) is 4.08. The van der Waals surface area contributed by atoms with E-state index in [1.807, 2.05) is 52.0 Å². The minimum Gasteiger partial charge on any atom is -0.363 e. The summed E-state index contributed by atoms with van der Waals surface area (Å²) in [4.78, 5) is 12.6. The third-order valence-corrected chi connectivity index (χ3v) is 4.40. The number of fused-ring (bicyclic) bond motifs is 1. The van der Waals surface area contributed by atoms with Crippen LogP contribution in [-0.2, 0) is 0 Å². The first-order valence-corrected chi connectivity index (χ1v) is 8.67. The first-order chi connectivity index (χ1) is 12.2. The second-order valence-electron chi connectivity index (χ2n) is 7.80. The van der Waals surface area contributed by atoms with Crippen molar-refractivity contribution in [3.8, 4) is 0 Å². The minimum atomic E-state index is -2.57. The third-order valence-electron chi connectivity index (χ3n) is 4.40. The Morgan fingerprint density at radius 2 is 1.96 bits per heavy atom. The summed E-state index contributed by atoms with van der Waals surface area (Å²) in [6, 6.07) is 6.38. The van der Waals surface area contributed by atoms with E-state index in [2.05, 4.69) is 15.7 Å². The van der Waals surface area contributed by atoms with Gasteiger partial charge in [0, 0.05) is 5.54 Å². The normalized spacial score (nSPS) is 19.8. The molecule has 0 spiro atoms. The van der Waals surface area contributed by atoms with Crippen molar-refractivity contribution in [3.05, 3.63) is 47.2 Å². The van der Waals surface area contributed by atoms with Gasteiger partial charge in [-0.1, -0.05) is 29.8 Å². The Balaban J connectivity index is 1.96. The molecule has 2 N–H and O–H groups in total. The molecule has 2 atom stereocenters. The molecule has 0 saturated carbocycles. The topological polar surface area (TPSA) is 59.0 Å². The van der Waals surface area contributed by atoms with Crippen molar-refractivity contribution in [2.24, 2.45) is 0 Å². The van der Waals surface area contributed by atoms with Crippen molar-refractivity contribution in [3.63, 3.8) is 0 Å². The number of carbonyl (C=O) groups is 1. The van der Waals surface area contributed by atoms with Gasteiger partial charge >= 0.3 is 0 Å². The van der Waals surface area contributed by atoms with E-state index in [9.17, 15) is 13.6 Å². The lowest BCUT2D eigenvalue weighted by Gasteiger charge is -2.33. The van der Waals surface area contributed by atoms with Gasteiger partial charge < -0.3 is 10.6 Å². The van der Waals surface area contributed by atoms with Crippen molar-refractivity contribution in [1.29, 1.82) is 0 Å². The number of carbonyl (C=O) groups excluding carboxylic acids is 1. The highest BCUT2D eigenvalue weighted by Crippen LogP contribution is 2.39. The fourth-order valence-corrected chi connectivity index (χ4v) is 3.12. The molecular formula is C19H24F2N4O. The zero-order valence-electron chi connectivity index (χ0n) is 15.4. The van der Waals surface area contributed by atoms with Gasteiger partial charge in [-0.25, -0.2) is 13.5 Å². The number of nitrogens with one attached hydrogen (secondary N) is 2. The number of aromatic nitrogens is 2. The summed E-state index contributed by atoms with van der Waals surface area (Å²) in [5, 5.41) is 10.2. The van der Waals surface area contributed by atoms with E-state index in [1.54, 1.807) is 0 Å². The summed E-state index contributed by atoms with van der Waals surface area (Å²) in [5.74, 6) is 0.0118. The molecule has 0 radical (unpaired) electrons. The van der Waals surface area contributed by atoms with E-state index in [0.29, 0.717) is 5.82 Å². The van der Waals surface area contributed by atoms with Crippen LogP contribution in [0.4, 0.5) is 14.6 Å². The van der Waals surface area contributed by atoms with Crippen LogP contribution >= 0.6 is 0 Å². The molecule has 1 aliphatic rings. The van der Waals surface area contributed by atoms with Crippen LogP contribution in [0.3, 0.4) is 0 Å². The molecule has 0 fully saturated rings. The Morgan fingerprint density at radius 3 is 2.54 bits per heavy atom. The summed E-state index contributed by atoms with van der Waals surface area (Å²) in [5.41, 5.74) is 1.86. The monoisotopic (exact) mass is 362 g/mol. The Hall–Kier alpha value is -2.44. The van der Waals surface area contributed by atoms with E-state index >= 15 is 0 Å². The standard InChI is InChI=1S/C19H24F2N4O/c1-11-5-7-12(8-6-11)14-9-15(16(20)21)25-17(23-14)13(10-22-25)18(26)24-19(2,3)4/h5-8,10,14-16,23H,9H2,1-4H3,(H,24,26)/t14-,15-/m1/s1. The van der Waals surface area contributed by atoms with Crippen molar-refractivity contribution >= 4 is 11.7 Å². The largest absolute Gasteiger partial charge is 0.363 e. The lowest BCUT2D eigenvalue weighted by molar-refractivity contribution is 0.0656. The first-order valence-electron chi connectivity index (χ1n) is 8.67. The van der Waals surface area contributed by atoms with E-state index in [-0.39, 0.29) is 23.9 Å². The molecule has 2 aromatic rings. The van der Waals surface area contributed by atoms with Gasteiger partial charge in [-0.15, -0.1) is 0 Å². The van der Waals surface area contributed by atoms with E-state index in [0.717, 1.165) is 11.1 Å². The highest BCUT2D eigenvalue weighted by molar-refractivity contribution is 5.99. The molecule has 1 aromatic heterocycles. The van der Waals surface area contributed by atoms with Crippen LogP contribution in [0, 0.1) is 6.92 Å². The summed E-state index contributed by atoms with van der Waals surface area (Å²) < 4.78 is 28.5. The minimum absolute atomic E-state index is 0.204. The van der Waals surface area contributed by atoms with E-state index in [4.69, 9.17) is 0 Å². The van der Waals surface area contributed by atoms with Gasteiger partial charge in [0.1, 0.15) is 17.4 Å². The maximum Gasteiger partial charge on any atom is 0.260 e. The Kier molecular flexibility index (Phi) is 4.73. The molecule has 3 rings (SSSR count). The Morgan fingerprint density at radius 1 is 1.31 bits per heavy atom. The number of amides is 1. The third kappa shape index (κ3) is 3.71. The summed E-state index contributed by atoms with van der Waals surface area (Å²) >= 11 is 0. The number of nitrogens with zero attached hydrogens (tertiary/aromatic N) is 2. The molecule has 7 heteroatoms. The van der Waals surface area contributed by atoms with Crippen LogP contribution in [0.25, 0.3) is 0 Å². The number of benzene rings is 1. The molecule has 2 heterocycles. The molecule has 1 aliphatic heterocycles. The van der Waals surface area contributed by atoms with E-state index < -0.39 is 18.0 Å². The van der Waals surface area contributed by atoms with Crippen molar-refractivity contribution < 1.29 is 13.6 Å². The smallest absolute Gasteiger partial charge is 0.260 e. The number of alkyl halides is 2. The van der Waals surface area contributed by atoms with Gasteiger partial charge in [-0.2, -0.15) is 5.10 Å². The van der Waals surface area contributed by atoms with Crippen LogP contribution in [-0.4, -0.2) is 27.7 Å². The average Bonchev–Trinajstić information content (AvgIpc) is 2.96. The molecule has 26 heavy (non-hydrogen) atoms. The van der Waals surface area contributed by atoms with Gasteiger partial charge in [-0.3, -0.25) is 4.79 Å². The maximum absolute atomic E-state index is 13.6. The van der Waals surface area contributed by atoms with Crippen molar-refractivity contribution in [2.45, 2.75) is 58.2 Å². The number of hydrogen-bond donors (Lipinski definition) is 2. The molecule has 1 amide bonds. The fourth-order valence-electron chi connectivity index (χ4n) is 3.12. The van der Waals surface area contributed by atoms with Crippen molar-refractivity contribution in [2.75, 3.05) is 5.32 Å². The van der Waals surface area contributed by atoms with Gasteiger partial charge in [0.05, 0.1) is 12.2 Å². The van der Waals surface area contributed by atoms with Crippen molar-refractivity contribution in [1.82, 2.24) is 15.1 Å². The lowest BCUT2D eigenvalue weighted by atomic mass is 9.96. The average molecular weight is 362 g/mol. The maximum atomic E-state index is 13.6. The lowest BCUT2D eigenvalue weighted by Crippen LogP contribution is -2.41. The van der Waals surface area contributed by atoms with Crippen LogP contribution in [0.1, 0.15) is 60.8 Å². The summed E-state index contributed by atoms with van der Waals surface area (Å²) in [7, 11) is 0. The number of aryl methyl sites for hydroxylation is 1. The number of hydrogen-bond acceptors (Lipinski definition) is 3. The van der Waals surface area contributed by atoms with Gasteiger partial charge in [-0.05, 0) is 39.7 Å². The molecule has 1 aromatic carbocycles. The zero-order valence-corrected chi connectivity index (χ0v) is 15.4. The first kappa shape index (κ1) is 18.4. The van der Waals surface area contributed by atoms with Gasteiger partial charge in [0.15, 0.2) is 0 Å². The molecule has 140 valence electrons. The van der Waals surface area contributed by atoms with E-state index in [1.165, 1.54) is 10.9 Å². The second-order valence-corrected chi connectivity index (χ2v) is 7.80. The Bertz CT molecular complexity index is 793. The van der Waals surface area contributed by atoms with Gasteiger partial charge in [0.2, 0.25) is 0 Å². The number of halogens is 2. The molecule has 0 saturated heterocycles. The quantitative estimate of drug-likeness (QED) is 0.865. The van der Waals surface area contributed by atoms with Crippen LogP contribution in [0.15, 0.2) is 30.5 Å². The Labute approximate surface area is 151 Å². The van der Waals surface area contributed by atoms with Crippen LogP contribution < -0.4 is 10.6 Å². The van der Waals surface area contributed by atoms with Gasteiger partial charge in [0.25, 0.3) is 12.3 Å². The fraction of sp³-hybridized carbons (Fsp3) is 0.474. The molecule has 0 bridgehead atoms. The SMILES string of the molecule is Cc1ccc([C@H]2C[C@H](C(F)F)n3ncc(C(=O)NC(C)(C)C)c3N2)cc1. The highest BCUT2D eigenvalue weighted by Gasteiger charge is 2.36. The molecule has 0 unspecified atom stereocenters. The molecule has 0 aliphatic carbocycles. The number of rotatable bonds is 3. The van der Waals surface area contributed by atoms with Crippen LogP contribution in [0.5, 0.6) is 0 Å². The summed E-state index contributed by atoms with van der Waals surface area (Å²) in [6.45, 7) is 7.58. The second kappa shape index (κ2) is 6.70. The highest BCUT2D eigenvalue weighted by atomic mass is 19.3. The zero-order chi connectivity index (χ0) is 19.1. The predicted molar refractivity (Wildman–Crippen MR) is 96.6 cm³/mol. The molecule has 5 nitrogen and oxygen atoms in total. The van der Waals surface area contributed by atoms with Crippen LogP contribution in [0.2, 0.25) is 0 Å². The number of anilines is 1. The summed E-state index contributed by atoms with van der Waals surface area (Å²) in [6.07, 6.45) is -1.01. The molecular weight excluding hydrogens is 338 g/mol.